The molecule has 0 saturated carbocycles. The van der Waals surface area contributed by atoms with Crippen molar-refractivity contribution in [2.75, 3.05) is 18.6 Å². The fourth-order valence-corrected chi connectivity index (χ4v) is 4.62. The number of unbranched alkanes of at least 4 members (excludes halogenated alkanes) is 1. The number of rotatable bonds is 10. The van der Waals surface area contributed by atoms with Crippen LogP contribution in [0.15, 0.2) is 70.7 Å². The number of carbonyl (C=O) groups excluding carboxylic acids is 3. The summed E-state index contributed by atoms with van der Waals surface area (Å²) in [6.45, 7) is 2.89. The summed E-state index contributed by atoms with van der Waals surface area (Å²) in [5, 5.41) is 2.83. The molecule has 0 atom stereocenters. The van der Waals surface area contributed by atoms with E-state index in [2.05, 4.69) is 28.2 Å². The van der Waals surface area contributed by atoms with Crippen molar-refractivity contribution in [3.8, 4) is 17.2 Å². The summed E-state index contributed by atoms with van der Waals surface area (Å²) in [5.74, 6) is -0.0962. The van der Waals surface area contributed by atoms with E-state index in [0.717, 1.165) is 23.3 Å². The summed E-state index contributed by atoms with van der Waals surface area (Å²) in [4.78, 5) is 39.4. The fraction of sp³-hybridized carbons (Fsp3) is 0.207. The van der Waals surface area contributed by atoms with Crippen LogP contribution in [0.25, 0.3) is 6.08 Å². The number of amides is 4. The summed E-state index contributed by atoms with van der Waals surface area (Å²) in [6, 6.07) is 16.3. The lowest BCUT2D eigenvalue weighted by Gasteiger charge is -2.26. The summed E-state index contributed by atoms with van der Waals surface area (Å²) < 4.78 is 17.7. The van der Waals surface area contributed by atoms with Gasteiger partial charge < -0.3 is 14.2 Å². The van der Waals surface area contributed by atoms with Crippen LogP contribution in [0.1, 0.15) is 30.9 Å². The van der Waals surface area contributed by atoms with Crippen LogP contribution in [0.3, 0.4) is 0 Å². The summed E-state index contributed by atoms with van der Waals surface area (Å²) >= 11 is 9.54. The molecule has 3 aromatic rings. The second-order valence-electron chi connectivity index (χ2n) is 8.61. The van der Waals surface area contributed by atoms with Crippen LogP contribution in [-0.4, -0.2) is 31.6 Å². The Morgan fingerprint density at radius 2 is 1.79 bits per heavy atom. The predicted molar refractivity (Wildman–Crippen MR) is 152 cm³/mol. The van der Waals surface area contributed by atoms with Gasteiger partial charge in [-0.3, -0.25) is 14.9 Å². The molecule has 4 rings (SSSR count). The van der Waals surface area contributed by atoms with Gasteiger partial charge in [0.05, 0.1) is 23.9 Å². The van der Waals surface area contributed by atoms with Gasteiger partial charge in [-0.15, -0.1) is 0 Å². The zero-order valence-corrected chi connectivity index (χ0v) is 23.7. The molecule has 0 bridgehead atoms. The molecule has 0 unspecified atom stereocenters. The Balaban J connectivity index is 1.57. The van der Waals surface area contributed by atoms with Crippen LogP contribution in [0.4, 0.5) is 10.5 Å². The third kappa shape index (κ3) is 6.79. The van der Waals surface area contributed by atoms with Gasteiger partial charge in [0, 0.05) is 5.02 Å². The molecule has 1 aliphatic heterocycles. The molecule has 39 heavy (non-hydrogen) atoms. The number of ether oxygens (including phenoxy) is 3. The molecule has 1 N–H and O–H groups in total. The normalized spacial score (nSPS) is 14.4. The first-order valence-corrected chi connectivity index (χ1v) is 13.4. The molecule has 10 heteroatoms. The number of anilines is 1. The number of hydrogen-bond donors (Lipinski definition) is 1. The lowest BCUT2D eigenvalue weighted by Crippen LogP contribution is -2.54. The Morgan fingerprint density at radius 1 is 1.03 bits per heavy atom. The summed E-state index contributed by atoms with van der Waals surface area (Å²) in [7, 11) is 1.49. The number of nitrogens with one attached hydrogen (secondary N) is 1. The first kappa shape index (κ1) is 28.2. The Hall–Kier alpha value is -3.82. The number of halogens is 2. The van der Waals surface area contributed by atoms with Crippen molar-refractivity contribution < 1.29 is 28.6 Å². The van der Waals surface area contributed by atoms with Gasteiger partial charge >= 0.3 is 6.03 Å². The number of hydrogen-bond acceptors (Lipinski definition) is 6. The Kier molecular flexibility index (Phi) is 9.27. The molecule has 3 aromatic carbocycles. The highest BCUT2D eigenvalue weighted by atomic mass is 79.9. The van der Waals surface area contributed by atoms with E-state index in [1.165, 1.54) is 13.2 Å². The maximum Gasteiger partial charge on any atom is 0.335 e. The number of carbonyl (C=O) groups is 3. The van der Waals surface area contributed by atoms with Crippen LogP contribution >= 0.6 is 27.5 Å². The second kappa shape index (κ2) is 12.8. The smallest absolute Gasteiger partial charge is 0.335 e. The Bertz CT molecular complexity index is 1420. The van der Waals surface area contributed by atoms with Crippen LogP contribution in [0, 0.1) is 0 Å². The Labute approximate surface area is 239 Å². The lowest BCUT2D eigenvalue weighted by molar-refractivity contribution is -0.122. The van der Waals surface area contributed by atoms with E-state index in [1.807, 2.05) is 12.1 Å². The Morgan fingerprint density at radius 3 is 2.49 bits per heavy atom. The summed E-state index contributed by atoms with van der Waals surface area (Å²) in [5.41, 5.74) is 1.46. The SMILES string of the molecule is CCCCOc1ccc(N2C(=O)NC(=O)/C(=C/c3cc(Br)c(OCc4cccc(Cl)c4)c(OC)c3)C2=O)cc1. The molecule has 1 aliphatic rings. The van der Waals surface area contributed by atoms with Crippen molar-refractivity contribution in [3.63, 3.8) is 0 Å². The first-order valence-electron chi connectivity index (χ1n) is 12.2. The van der Waals surface area contributed by atoms with E-state index in [1.54, 1.807) is 48.5 Å². The number of urea groups is 1. The van der Waals surface area contributed by atoms with Crippen LogP contribution in [0.5, 0.6) is 17.2 Å². The summed E-state index contributed by atoms with van der Waals surface area (Å²) in [6.07, 6.45) is 3.32. The molecule has 1 heterocycles. The minimum Gasteiger partial charge on any atom is -0.494 e. The molecule has 0 radical (unpaired) electrons. The van der Waals surface area contributed by atoms with Crippen LogP contribution < -0.4 is 24.4 Å². The molecule has 4 amide bonds. The van der Waals surface area contributed by atoms with Gasteiger partial charge in [-0.25, -0.2) is 9.69 Å². The van der Waals surface area contributed by atoms with Gasteiger partial charge in [0.15, 0.2) is 11.5 Å². The second-order valence-corrected chi connectivity index (χ2v) is 9.90. The highest BCUT2D eigenvalue weighted by Crippen LogP contribution is 2.38. The van der Waals surface area contributed by atoms with Gasteiger partial charge in [-0.2, -0.15) is 0 Å². The molecule has 1 fully saturated rings. The van der Waals surface area contributed by atoms with Gasteiger partial charge in [0.1, 0.15) is 17.9 Å². The molecule has 0 aromatic heterocycles. The van der Waals surface area contributed by atoms with E-state index in [4.69, 9.17) is 25.8 Å². The van der Waals surface area contributed by atoms with E-state index < -0.39 is 17.8 Å². The third-order valence-corrected chi connectivity index (χ3v) is 6.62. The first-order chi connectivity index (χ1) is 18.8. The molecule has 0 spiro atoms. The number of imide groups is 2. The quantitative estimate of drug-likeness (QED) is 0.159. The molecule has 8 nitrogen and oxygen atoms in total. The third-order valence-electron chi connectivity index (χ3n) is 5.80. The highest BCUT2D eigenvalue weighted by Gasteiger charge is 2.37. The predicted octanol–water partition coefficient (Wildman–Crippen LogP) is 6.54. The zero-order chi connectivity index (χ0) is 27.9. The van der Waals surface area contributed by atoms with Gasteiger partial charge in [-0.05, 0) is 88.1 Å². The average molecular weight is 614 g/mol. The van der Waals surface area contributed by atoms with Crippen LogP contribution in [0.2, 0.25) is 5.02 Å². The molecular formula is C29H26BrClN2O6. The maximum atomic E-state index is 13.3. The molecular weight excluding hydrogens is 588 g/mol. The van der Waals surface area contributed by atoms with Crippen molar-refractivity contribution in [1.29, 1.82) is 0 Å². The minimum atomic E-state index is -0.828. The van der Waals surface area contributed by atoms with Crippen molar-refractivity contribution in [2.45, 2.75) is 26.4 Å². The number of benzene rings is 3. The molecule has 0 aliphatic carbocycles. The topological polar surface area (TPSA) is 94.2 Å². The molecule has 202 valence electrons. The fourth-order valence-electron chi connectivity index (χ4n) is 3.83. The largest absolute Gasteiger partial charge is 0.494 e. The monoisotopic (exact) mass is 612 g/mol. The van der Waals surface area contributed by atoms with Crippen molar-refractivity contribution >= 4 is 57.1 Å². The van der Waals surface area contributed by atoms with E-state index in [0.29, 0.717) is 44.6 Å². The average Bonchev–Trinajstić information content (AvgIpc) is 2.91. The van der Waals surface area contributed by atoms with Crippen LogP contribution in [-0.2, 0) is 16.2 Å². The van der Waals surface area contributed by atoms with Gasteiger partial charge in [0.25, 0.3) is 11.8 Å². The number of methoxy groups -OCH3 is 1. The van der Waals surface area contributed by atoms with E-state index in [-0.39, 0.29) is 12.2 Å². The van der Waals surface area contributed by atoms with Crippen molar-refractivity contribution in [1.82, 2.24) is 5.32 Å². The van der Waals surface area contributed by atoms with E-state index in [9.17, 15) is 14.4 Å². The number of nitrogens with zero attached hydrogens (tertiary/aromatic N) is 1. The maximum absolute atomic E-state index is 13.3. The molecule has 1 saturated heterocycles. The number of barbiturate groups is 1. The minimum absolute atomic E-state index is 0.209. The zero-order valence-electron chi connectivity index (χ0n) is 21.3. The highest BCUT2D eigenvalue weighted by molar-refractivity contribution is 9.10. The van der Waals surface area contributed by atoms with Gasteiger partial charge in [0.2, 0.25) is 0 Å². The van der Waals surface area contributed by atoms with E-state index >= 15 is 0 Å². The van der Waals surface area contributed by atoms with Gasteiger partial charge in [-0.1, -0.05) is 37.1 Å². The van der Waals surface area contributed by atoms with Crippen molar-refractivity contribution in [2.24, 2.45) is 0 Å². The van der Waals surface area contributed by atoms with Crippen molar-refractivity contribution in [3.05, 3.63) is 86.9 Å². The standard InChI is InChI=1S/C29H26BrClN2O6/c1-3-4-12-38-22-10-8-21(9-11-22)33-28(35)23(27(34)32-29(33)36)14-19-15-24(30)26(25(16-19)37-2)39-17-18-6-5-7-20(31)13-18/h5-11,13-16H,3-4,12,17H2,1-2H3,(H,32,34,36)/b23-14-. The lowest BCUT2D eigenvalue weighted by atomic mass is 10.1.